The summed E-state index contributed by atoms with van der Waals surface area (Å²) in [7, 11) is 4.52. The monoisotopic (exact) mass is 384 g/mol. The minimum absolute atomic E-state index is 0.0876. The normalized spacial score (nSPS) is 11.8. The summed E-state index contributed by atoms with van der Waals surface area (Å²) in [4.78, 5) is 12.5. The fourth-order valence-electron chi connectivity index (χ4n) is 2.69. The summed E-state index contributed by atoms with van der Waals surface area (Å²) in [6, 6.07) is 11.3. The number of carbonyl (C=O) groups is 1. The lowest BCUT2D eigenvalue weighted by molar-refractivity contribution is 0.0954. The Bertz CT molecular complexity index is 840. The number of carbonyl (C=O) groups excluding carboxylic acids is 1. The molecule has 1 N–H and O–H groups in total. The third-order valence-electron chi connectivity index (χ3n) is 4.42. The van der Waals surface area contributed by atoms with Crippen molar-refractivity contribution in [2.45, 2.75) is 33.1 Å². The highest BCUT2D eigenvalue weighted by atomic mass is 16.5. The van der Waals surface area contributed by atoms with Crippen molar-refractivity contribution in [3.8, 4) is 17.2 Å². The van der Waals surface area contributed by atoms with Crippen LogP contribution in [0.1, 0.15) is 49.2 Å². The van der Waals surface area contributed by atoms with E-state index in [0.717, 1.165) is 5.56 Å². The van der Waals surface area contributed by atoms with Crippen LogP contribution in [0.5, 0.6) is 17.2 Å². The fraction of sp³-hybridized carbons (Fsp3) is 0.364. The molecule has 0 spiro atoms. The van der Waals surface area contributed by atoms with Crippen LogP contribution < -0.4 is 19.6 Å². The lowest BCUT2D eigenvalue weighted by Crippen LogP contribution is -2.19. The summed E-state index contributed by atoms with van der Waals surface area (Å²) in [5.74, 6) is 0.876. The van der Waals surface area contributed by atoms with E-state index in [2.05, 4.69) is 43.4 Å². The third-order valence-corrected chi connectivity index (χ3v) is 4.42. The standard InChI is InChI=1S/C22H28N2O4/c1-14(15-8-10-17(11-9-15)22(2,3)4)23-24-21(25)16-12-18(26-5)20(28-7)19(13-16)27-6/h8-13H,1-7H3,(H,24,25). The molecule has 0 saturated carbocycles. The number of nitrogens with zero attached hydrogens (tertiary/aromatic N) is 1. The topological polar surface area (TPSA) is 69.2 Å². The van der Waals surface area contributed by atoms with Gasteiger partial charge in [-0.2, -0.15) is 5.10 Å². The lowest BCUT2D eigenvalue weighted by atomic mass is 9.86. The number of hydrogen-bond acceptors (Lipinski definition) is 5. The van der Waals surface area contributed by atoms with Crippen LogP contribution in [0.3, 0.4) is 0 Å². The highest BCUT2D eigenvalue weighted by molar-refractivity contribution is 6.01. The quantitative estimate of drug-likeness (QED) is 0.600. The molecular weight excluding hydrogens is 356 g/mol. The van der Waals surface area contributed by atoms with Gasteiger partial charge in [-0.3, -0.25) is 4.79 Å². The summed E-state index contributed by atoms with van der Waals surface area (Å²) < 4.78 is 15.8. The average Bonchev–Trinajstić information content (AvgIpc) is 2.69. The number of hydrazone groups is 1. The number of ether oxygens (including phenoxy) is 3. The van der Waals surface area contributed by atoms with Crippen LogP contribution in [0.15, 0.2) is 41.5 Å². The van der Waals surface area contributed by atoms with Gasteiger partial charge in [-0.25, -0.2) is 5.43 Å². The van der Waals surface area contributed by atoms with E-state index in [1.807, 2.05) is 19.1 Å². The van der Waals surface area contributed by atoms with Crippen LogP contribution in [0.25, 0.3) is 0 Å². The summed E-state index contributed by atoms with van der Waals surface area (Å²) in [6.45, 7) is 8.35. The molecule has 2 aromatic carbocycles. The minimum atomic E-state index is -0.370. The third kappa shape index (κ3) is 4.82. The van der Waals surface area contributed by atoms with Gasteiger partial charge in [0.1, 0.15) is 0 Å². The van der Waals surface area contributed by atoms with E-state index in [4.69, 9.17) is 14.2 Å². The highest BCUT2D eigenvalue weighted by Gasteiger charge is 2.17. The van der Waals surface area contributed by atoms with E-state index < -0.39 is 0 Å². The molecule has 0 bridgehead atoms. The molecule has 0 aliphatic carbocycles. The Kier molecular flexibility index (Phi) is 6.67. The number of hydrogen-bond donors (Lipinski definition) is 1. The zero-order chi connectivity index (χ0) is 20.9. The van der Waals surface area contributed by atoms with Crippen LogP contribution in [0.2, 0.25) is 0 Å². The Labute approximate surface area is 166 Å². The van der Waals surface area contributed by atoms with Crippen molar-refractivity contribution >= 4 is 11.6 Å². The van der Waals surface area contributed by atoms with Crippen molar-refractivity contribution in [3.63, 3.8) is 0 Å². The maximum atomic E-state index is 12.5. The molecule has 2 rings (SSSR count). The molecule has 0 atom stereocenters. The first-order valence-corrected chi connectivity index (χ1v) is 8.96. The van der Waals surface area contributed by atoms with E-state index in [1.165, 1.54) is 26.9 Å². The first kappa shape index (κ1) is 21.3. The summed E-state index contributed by atoms with van der Waals surface area (Å²) in [5.41, 5.74) is 5.92. The van der Waals surface area contributed by atoms with Gasteiger partial charge in [0.25, 0.3) is 5.91 Å². The number of nitrogens with one attached hydrogen (secondary N) is 1. The maximum Gasteiger partial charge on any atom is 0.271 e. The second kappa shape index (κ2) is 8.78. The minimum Gasteiger partial charge on any atom is -0.493 e. The molecule has 0 aliphatic rings. The van der Waals surface area contributed by atoms with Crippen molar-refractivity contribution in [3.05, 3.63) is 53.1 Å². The van der Waals surface area contributed by atoms with E-state index in [0.29, 0.717) is 28.5 Å². The first-order chi connectivity index (χ1) is 13.2. The van der Waals surface area contributed by atoms with E-state index in [9.17, 15) is 4.79 Å². The Morgan fingerprint density at radius 1 is 0.893 bits per heavy atom. The van der Waals surface area contributed by atoms with Gasteiger partial charge in [0.2, 0.25) is 5.75 Å². The van der Waals surface area contributed by atoms with Crippen molar-refractivity contribution in [1.82, 2.24) is 5.43 Å². The predicted octanol–water partition coefficient (Wildman–Crippen LogP) is 4.16. The molecule has 150 valence electrons. The van der Waals surface area contributed by atoms with Crippen LogP contribution in [-0.2, 0) is 5.41 Å². The number of rotatable bonds is 6. The highest BCUT2D eigenvalue weighted by Crippen LogP contribution is 2.38. The predicted molar refractivity (Wildman–Crippen MR) is 111 cm³/mol. The van der Waals surface area contributed by atoms with Crippen LogP contribution in [0.4, 0.5) is 0 Å². The molecular formula is C22H28N2O4. The smallest absolute Gasteiger partial charge is 0.271 e. The van der Waals surface area contributed by atoms with Gasteiger partial charge < -0.3 is 14.2 Å². The molecule has 0 heterocycles. The summed E-state index contributed by atoms with van der Waals surface area (Å²) >= 11 is 0. The Balaban J connectivity index is 2.20. The molecule has 6 nitrogen and oxygen atoms in total. The second-order valence-electron chi connectivity index (χ2n) is 7.38. The lowest BCUT2D eigenvalue weighted by Gasteiger charge is -2.19. The van der Waals surface area contributed by atoms with E-state index in [1.54, 1.807) is 12.1 Å². The van der Waals surface area contributed by atoms with Crippen molar-refractivity contribution in [1.29, 1.82) is 0 Å². The molecule has 0 fully saturated rings. The molecule has 1 amide bonds. The molecule has 0 radical (unpaired) electrons. The van der Waals surface area contributed by atoms with Crippen molar-refractivity contribution < 1.29 is 19.0 Å². The number of methoxy groups -OCH3 is 3. The van der Waals surface area contributed by atoms with Crippen LogP contribution in [0, 0.1) is 0 Å². The largest absolute Gasteiger partial charge is 0.493 e. The van der Waals surface area contributed by atoms with Crippen molar-refractivity contribution in [2.75, 3.05) is 21.3 Å². The van der Waals surface area contributed by atoms with Crippen molar-refractivity contribution in [2.24, 2.45) is 5.10 Å². The zero-order valence-corrected chi connectivity index (χ0v) is 17.5. The van der Waals surface area contributed by atoms with Gasteiger partial charge in [-0.15, -0.1) is 0 Å². The molecule has 0 aromatic heterocycles. The Hall–Kier alpha value is -3.02. The fourth-order valence-corrected chi connectivity index (χ4v) is 2.69. The van der Waals surface area contributed by atoms with E-state index in [-0.39, 0.29) is 11.3 Å². The molecule has 0 aliphatic heterocycles. The average molecular weight is 384 g/mol. The molecule has 2 aromatic rings. The van der Waals surface area contributed by atoms with E-state index >= 15 is 0 Å². The Morgan fingerprint density at radius 2 is 1.43 bits per heavy atom. The first-order valence-electron chi connectivity index (χ1n) is 8.96. The zero-order valence-electron chi connectivity index (χ0n) is 17.5. The molecule has 0 saturated heterocycles. The van der Waals surface area contributed by atoms with Crippen LogP contribution in [-0.4, -0.2) is 32.9 Å². The van der Waals surface area contributed by atoms with Gasteiger partial charge >= 0.3 is 0 Å². The Morgan fingerprint density at radius 3 is 1.86 bits per heavy atom. The summed E-state index contributed by atoms with van der Waals surface area (Å²) in [6.07, 6.45) is 0. The molecule has 0 unspecified atom stereocenters. The molecule has 6 heteroatoms. The van der Waals surface area contributed by atoms with Gasteiger partial charge in [-0.1, -0.05) is 45.0 Å². The van der Waals surface area contributed by atoms with Gasteiger partial charge in [0.05, 0.1) is 27.0 Å². The second-order valence-corrected chi connectivity index (χ2v) is 7.38. The van der Waals surface area contributed by atoms with Gasteiger partial charge in [-0.05, 0) is 35.6 Å². The molecule has 28 heavy (non-hydrogen) atoms. The van der Waals surface area contributed by atoms with Gasteiger partial charge in [0, 0.05) is 5.56 Å². The maximum absolute atomic E-state index is 12.5. The SMILES string of the molecule is COc1cc(C(=O)NN=C(C)c2ccc(C(C)(C)C)cc2)cc(OC)c1OC. The summed E-state index contributed by atoms with van der Waals surface area (Å²) in [5, 5.41) is 4.22. The van der Waals surface area contributed by atoms with Gasteiger partial charge in [0.15, 0.2) is 11.5 Å². The number of amides is 1. The number of benzene rings is 2. The van der Waals surface area contributed by atoms with Crippen LogP contribution >= 0.6 is 0 Å².